The maximum Gasteiger partial charge on any atom is 0.275 e. The summed E-state index contributed by atoms with van der Waals surface area (Å²) in [5.74, 6) is 0.369. The van der Waals surface area contributed by atoms with Crippen LogP contribution < -0.4 is 10.1 Å². The normalized spacial score (nSPS) is 20.3. The summed E-state index contributed by atoms with van der Waals surface area (Å²) in [4.78, 5) is 12.7. The molecule has 1 amide bonds. The van der Waals surface area contributed by atoms with Crippen molar-refractivity contribution in [2.45, 2.75) is 45.6 Å². The largest absolute Gasteiger partial charge is 0.490 e. The van der Waals surface area contributed by atoms with Gasteiger partial charge in [0, 0.05) is 6.04 Å². The van der Waals surface area contributed by atoms with Crippen LogP contribution in [0.25, 0.3) is 5.69 Å². The van der Waals surface area contributed by atoms with Gasteiger partial charge < -0.3 is 10.1 Å². The first-order valence-electron chi connectivity index (χ1n) is 8.87. The Bertz CT molecular complexity index is 727. The second-order valence-corrected chi connectivity index (χ2v) is 6.54. The van der Waals surface area contributed by atoms with E-state index in [-0.39, 0.29) is 23.5 Å². The quantitative estimate of drug-likeness (QED) is 0.898. The van der Waals surface area contributed by atoms with Crippen molar-refractivity contribution in [3.63, 3.8) is 0 Å². The van der Waals surface area contributed by atoms with Crippen LogP contribution in [0.1, 0.15) is 50.0 Å². The van der Waals surface area contributed by atoms with Crippen LogP contribution >= 0.6 is 0 Å². The van der Waals surface area contributed by atoms with Gasteiger partial charge in [0.05, 0.1) is 18.5 Å². The van der Waals surface area contributed by atoms with Crippen LogP contribution in [0.4, 0.5) is 4.39 Å². The van der Waals surface area contributed by atoms with Crippen LogP contribution in [-0.4, -0.2) is 28.3 Å². The predicted octanol–water partition coefficient (Wildman–Crippen LogP) is 3.72. The Kier molecular flexibility index (Phi) is 5.36. The molecular formula is C19H24FN3O2. The Balaban J connectivity index is 1.83. The zero-order valence-electron chi connectivity index (χ0n) is 14.7. The van der Waals surface area contributed by atoms with Gasteiger partial charge in [-0.15, -0.1) is 0 Å². The molecule has 1 aliphatic carbocycles. The lowest BCUT2D eigenvalue weighted by molar-refractivity contribution is 0.0901. The fourth-order valence-electron chi connectivity index (χ4n) is 3.27. The maximum absolute atomic E-state index is 13.1. The van der Waals surface area contributed by atoms with E-state index < -0.39 is 0 Å². The standard InChI is InChI=1S/C19H24FN3O2/c1-3-25-17-12-23(15-10-8-14(20)9-11-15)22-18(17)19(24)21-16-7-5-4-6-13(16)2/h8-13,16H,3-7H2,1-2H3,(H,21,24)/t13-,16-/m1/s1. The molecule has 1 saturated carbocycles. The third-order valence-electron chi connectivity index (χ3n) is 4.71. The summed E-state index contributed by atoms with van der Waals surface area (Å²) in [6.07, 6.45) is 6.15. The predicted molar refractivity (Wildman–Crippen MR) is 93.6 cm³/mol. The van der Waals surface area contributed by atoms with Gasteiger partial charge in [0.1, 0.15) is 5.82 Å². The molecule has 5 nitrogen and oxygen atoms in total. The lowest BCUT2D eigenvalue weighted by Crippen LogP contribution is -2.41. The van der Waals surface area contributed by atoms with E-state index in [1.165, 1.54) is 18.6 Å². The van der Waals surface area contributed by atoms with Gasteiger partial charge in [-0.05, 0) is 49.9 Å². The Hall–Kier alpha value is -2.37. The van der Waals surface area contributed by atoms with E-state index in [1.807, 2.05) is 6.92 Å². The Labute approximate surface area is 147 Å². The molecule has 134 valence electrons. The molecule has 3 rings (SSSR count). The van der Waals surface area contributed by atoms with Gasteiger partial charge in [-0.3, -0.25) is 4.79 Å². The number of carbonyl (C=O) groups excluding carboxylic acids is 1. The van der Waals surface area contributed by atoms with Gasteiger partial charge in [-0.2, -0.15) is 5.10 Å². The first-order chi connectivity index (χ1) is 12.1. The van der Waals surface area contributed by atoms with Crippen LogP contribution in [0.3, 0.4) is 0 Å². The highest BCUT2D eigenvalue weighted by atomic mass is 19.1. The SMILES string of the molecule is CCOc1cn(-c2ccc(F)cc2)nc1C(=O)N[C@@H]1CCCC[C@H]1C. The van der Waals surface area contributed by atoms with Crippen molar-refractivity contribution >= 4 is 5.91 Å². The molecule has 0 saturated heterocycles. The second-order valence-electron chi connectivity index (χ2n) is 6.54. The first kappa shape index (κ1) is 17.5. The van der Waals surface area contributed by atoms with Crippen LogP contribution in [0.5, 0.6) is 5.75 Å². The lowest BCUT2D eigenvalue weighted by atomic mass is 9.86. The zero-order chi connectivity index (χ0) is 17.8. The van der Waals surface area contributed by atoms with Gasteiger partial charge >= 0.3 is 0 Å². The Morgan fingerprint density at radius 3 is 2.72 bits per heavy atom. The van der Waals surface area contributed by atoms with Crippen LogP contribution in [0.2, 0.25) is 0 Å². The van der Waals surface area contributed by atoms with Gasteiger partial charge in [0.2, 0.25) is 0 Å². The monoisotopic (exact) mass is 345 g/mol. The van der Waals surface area contributed by atoms with E-state index in [2.05, 4.69) is 17.3 Å². The molecule has 0 aliphatic heterocycles. The zero-order valence-corrected chi connectivity index (χ0v) is 14.7. The molecule has 25 heavy (non-hydrogen) atoms. The van der Waals surface area contributed by atoms with Crippen molar-refractivity contribution in [3.05, 3.63) is 42.0 Å². The molecule has 0 spiro atoms. The molecule has 6 heteroatoms. The molecule has 0 bridgehead atoms. The van der Waals surface area contributed by atoms with Crippen molar-refractivity contribution in [3.8, 4) is 11.4 Å². The van der Waals surface area contributed by atoms with Gasteiger partial charge in [0.25, 0.3) is 5.91 Å². The van der Waals surface area contributed by atoms with E-state index >= 15 is 0 Å². The number of hydrogen-bond donors (Lipinski definition) is 1. The Morgan fingerprint density at radius 2 is 2.04 bits per heavy atom. The molecule has 1 N–H and O–H groups in total. The minimum Gasteiger partial charge on any atom is -0.490 e. The third-order valence-corrected chi connectivity index (χ3v) is 4.71. The summed E-state index contributed by atoms with van der Waals surface area (Å²) in [5.41, 5.74) is 0.941. The number of hydrogen-bond acceptors (Lipinski definition) is 3. The highest BCUT2D eigenvalue weighted by molar-refractivity contribution is 5.95. The van der Waals surface area contributed by atoms with E-state index in [0.29, 0.717) is 24.0 Å². The minimum absolute atomic E-state index is 0.173. The third kappa shape index (κ3) is 4.00. The number of aromatic nitrogens is 2. The maximum atomic E-state index is 13.1. The van der Waals surface area contributed by atoms with Crippen LogP contribution in [0.15, 0.2) is 30.5 Å². The second kappa shape index (κ2) is 7.68. The van der Waals surface area contributed by atoms with Crippen molar-refractivity contribution in [1.29, 1.82) is 0 Å². The molecule has 0 radical (unpaired) electrons. The summed E-state index contributed by atoms with van der Waals surface area (Å²) in [6, 6.07) is 6.12. The molecule has 0 unspecified atom stereocenters. The fraction of sp³-hybridized carbons (Fsp3) is 0.474. The molecule has 1 heterocycles. The van der Waals surface area contributed by atoms with Crippen molar-refractivity contribution in [2.75, 3.05) is 6.61 Å². The number of halogens is 1. The number of carbonyl (C=O) groups is 1. The number of ether oxygens (including phenoxy) is 1. The molecule has 1 aromatic heterocycles. The lowest BCUT2D eigenvalue weighted by Gasteiger charge is -2.29. The molecular weight excluding hydrogens is 321 g/mol. The van der Waals surface area contributed by atoms with Gasteiger partial charge in [0.15, 0.2) is 11.4 Å². The average Bonchev–Trinajstić information content (AvgIpc) is 3.02. The Morgan fingerprint density at radius 1 is 1.32 bits per heavy atom. The number of nitrogens with zero attached hydrogens (tertiary/aromatic N) is 2. The smallest absolute Gasteiger partial charge is 0.275 e. The number of amides is 1. The van der Waals surface area contributed by atoms with Crippen LogP contribution in [-0.2, 0) is 0 Å². The summed E-state index contributed by atoms with van der Waals surface area (Å²) in [5, 5.41) is 7.48. The van der Waals surface area contributed by atoms with E-state index in [0.717, 1.165) is 19.3 Å². The fourth-order valence-corrected chi connectivity index (χ4v) is 3.27. The van der Waals surface area contributed by atoms with E-state index in [4.69, 9.17) is 4.74 Å². The molecule has 1 aromatic carbocycles. The van der Waals surface area contributed by atoms with Crippen LogP contribution in [0, 0.1) is 11.7 Å². The van der Waals surface area contributed by atoms with Crippen molar-refractivity contribution < 1.29 is 13.9 Å². The first-order valence-corrected chi connectivity index (χ1v) is 8.87. The summed E-state index contributed by atoms with van der Waals surface area (Å²) in [6.45, 7) is 4.47. The van der Waals surface area contributed by atoms with Gasteiger partial charge in [-0.1, -0.05) is 19.8 Å². The summed E-state index contributed by atoms with van der Waals surface area (Å²) < 4.78 is 20.2. The highest BCUT2D eigenvalue weighted by Crippen LogP contribution is 2.25. The summed E-state index contributed by atoms with van der Waals surface area (Å²) >= 11 is 0. The number of nitrogens with one attached hydrogen (secondary N) is 1. The van der Waals surface area contributed by atoms with Crippen molar-refractivity contribution in [1.82, 2.24) is 15.1 Å². The molecule has 1 aliphatic rings. The summed E-state index contributed by atoms with van der Waals surface area (Å²) in [7, 11) is 0. The molecule has 1 fully saturated rings. The minimum atomic E-state index is -0.315. The van der Waals surface area contributed by atoms with E-state index in [9.17, 15) is 9.18 Å². The molecule has 2 aromatic rings. The topological polar surface area (TPSA) is 56.2 Å². The highest BCUT2D eigenvalue weighted by Gasteiger charge is 2.26. The molecule has 2 atom stereocenters. The number of benzene rings is 1. The van der Waals surface area contributed by atoms with Crippen molar-refractivity contribution in [2.24, 2.45) is 5.92 Å². The average molecular weight is 345 g/mol. The van der Waals surface area contributed by atoms with E-state index in [1.54, 1.807) is 23.0 Å². The van der Waals surface area contributed by atoms with Gasteiger partial charge in [-0.25, -0.2) is 9.07 Å². The number of rotatable bonds is 5.